The molecule has 21 heavy (non-hydrogen) atoms. The molecule has 0 atom stereocenters. The molecule has 0 spiro atoms. The van der Waals surface area contributed by atoms with Gasteiger partial charge in [-0.25, -0.2) is 4.39 Å². The average Bonchev–Trinajstić information content (AvgIpc) is 2.47. The smallest absolute Gasteiger partial charge is 0.173 e. The maximum Gasteiger partial charge on any atom is 0.173 e. The van der Waals surface area contributed by atoms with Crippen LogP contribution in [0.3, 0.4) is 0 Å². The van der Waals surface area contributed by atoms with Crippen LogP contribution < -0.4 is 10.5 Å². The Labute approximate surface area is 130 Å². The van der Waals surface area contributed by atoms with Crippen molar-refractivity contribution in [3.8, 4) is 5.75 Å². The SMILES string of the molecule is N/C(=N/O)c1ccc(Cl)cc1OCc1cc(Cl)ccc1F. The first-order chi connectivity index (χ1) is 10.0. The van der Waals surface area contributed by atoms with Crippen molar-refractivity contribution in [2.24, 2.45) is 10.9 Å². The topological polar surface area (TPSA) is 67.8 Å². The quantitative estimate of drug-likeness (QED) is 0.388. The summed E-state index contributed by atoms with van der Waals surface area (Å²) in [6.07, 6.45) is 0. The molecule has 0 unspecified atom stereocenters. The monoisotopic (exact) mass is 328 g/mol. The summed E-state index contributed by atoms with van der Waals surface area (Å²) in [6.45, 7) is -0.0710. The summed E-state index contributed by atoms with van der Waals surface area (Å²) < 4.78 is 19.1. The van der Waals surface area contributed by atoms with Crippen LogP contribution in [0.4, 0.5) is 4.39 Å². The van der Waals surface area contributed by atoms with Crippen LogP contribution in [0.2, 0.25) is 10.0 Å². The number of nitrogens with two attached hydrogens (primary N) is 1. The second-order valence-electron chi connectivity index (χ2n) is 4.15. The molecule has 0 aliphatic carbocycles. The van der Waals surface area contributed by atoms with Gasteiger partial charge in [-0.15, -0.1) is 0 Å². The van der Waals surface area contributed by atoms with E-state index in [-0.39, 0.29) is 23.8 Å². The lowest BCUT2D eigenvalue weighted by Gasteiger charge is -2.12. The minimum Gasteiger partial charge on any atom is -0.488 e. The molecular formula is C14H11Cl2FN2O2. The van der Waals surface area contributed by atoms with Crippen molar-refractivity contribution >= 4 is 29.0 Å². The Morgan fingerprint density at radius 3 is 2.57 bits per heavy atom. The molecule has 2 aromatic rings. The minimum atomic E-state index is -0.438. The standard InChI is InChI=1S/C14H11Cl2FN2O2/c15-9-2-4-12(17)8(5-9)7-21-13-6-10(16)1-3-11(13)14(18)19-20/h1-6,20H,7H2,(H2,18,19). The van der Waals surface area contributed by atoms with Gasteiger partial charge in [-0.05, 0) is 36.4 Å². The molecule has 2 rings (SSSR count). The van der Waals surface area contributed by atoms with Gasteiger partial charge < -0.3 is 15.7 Å². The molecule has 0 fully saturated rings. The third-order valence-electron chi connectivity index (χ3n) is 2.72. The van der Waals surface area contributed by atoms with Crippen LogP contribution in [-0.2, 0) is 6.61 Å². The highest BCUT2D eigenvalue weighted by atomic mass is 35.5. The van der Waals surface area contributed by atoms with E-state index in [9.17, 15) is 4.39 Å². The third-order valence-corrected chi connectivity index (χ3v) is 3.19. The molecule has 0 radical (unpaired) electrons. The second-order valence-corrected chi connectivity index (χ2v) is 5.02. The van der Waals surface area contributed by atoms with Gasteiger partial charge in [0.2, 0.25) is 0 Å². The summed E-state index contributed by atoms with van der Waals surface area (Å²) >= 11 is 11.7. The molecule has 2 aromatic carbocycles. The predicted octanol–water partition coefficient (Wildman–Crippen LogP) is 3.81. The van der Waals surface area contributed by atoms with Crippen LogP contribution >= 0.6 is 23.2 Å². The molecule has 110 valence electrons. The van der Waals surface area contributed by atoms with Gasteiger partial charge in [0, 0.05) is 15.6 Å². The Bertz CT molecular complexity index is 693. The number of halogens is 3. The Morgan fingerprint density at radius 2 is 1.86 bits per heavy atom. The molecule has 0 heterocycles. The van der Waals surface area contributed by atoms with Crippen LogP contribution in [0, 0.1) is 5.82 Å². The van der Waals surface area contributed by atoms with Gasteiger partial charge in [0.25, 0.3) is 0 Å². The van der Waals surface area contributed by atoms with E-state index in [1.54, 1.807) is 12.1 Å². The number of nitrogens with zero attached hydrogens (tertiary/aromatic N) is 1. The molecule has 0 bridgehead atoms. The van der Waals surface area contributed by atoms with Gasteiger partial charge in [0.05, 0.1) is 5.56 Å². The number of hydrogen-bond donors (Lipinski definition) is 2. The molecule has 0 aliphatic heterocycles. The zero-order chi connectivity index (χ0) is 15.4. The van der Waals surface area contributed by atoms with Gasteiger partial charge in [-0.3, -0.25) is 0 Å². The molecule has 0 aromatic heterocycles. The first-order valence-corrected chi connectivity index (χ1v) is 6.61. The first-order valence-electron chi connectivity index (χ1n) is 5.85. The van der Waals surface area contributed by atoms with Crippen LogP contribution in [0.15, 0.2) is 41.6 Å². The predicted molar refractivity (Wildman–Crippen MR) is 79.7 cm³/mol. The van der Waals surface area contributed by atoms with Gasteiger partial charge in [0.15, 0.2) is 5.84 Å². The van der Waals surface area contributed by atoms with Gasteiger partial charge in [0.1, 0.15) is 18.2 Å². The fourth-order valence-electron chi connectivity index (χ4n) is 1.69. The number of rotatable bonds is 4. The maximum atomic E-state index is 13.6. The first kappa shape index (κ1) is 15.4. The van der Waals surface area contributed by atoms with Crippen molar-refractivity contribution in [1.29, 1.82) is 0 Å². The van der Waals surface area contributed by atoms with Crippen molar-refractivity contribution in [3.05, 3.63) is 63.4 Å². The van der Waals surface area contributed by atoms with Crippen LogP contribution in [0.25, 0.3) is 0 Å². The second kappa shape index (κ2) is 6.65. The summed E-state index contributed by atoms with van der Waals surface area (Å²) in [5.41, 5.74) is 6.19. The molecular weight excluding hydrogens is 318 g/mol. The van der Waals surface area contributed by atoms with E-state index in [2.05, 4.69) is 5.16 Å². The van der Waals surface area contributed by atoms with E-state index < -0.39 is 5.82 Å². The van der Waals surface area contributed by atoms with E-state index in [4.69, 9.17) is 38.9 Å². The number of benzene rings is 2. The van der Waals surface area contributed by atoms with Gasteiger partial charge >= 0.3 is 0 Å². The number of hydrogen-bond acceptors (Lipinski definition) is 3. The van der Waals surface area contributed by atoms with E-state index >= 15 is 0 Å². The van der Waals surface area contributed by atoms with Gasteiger partial charge in [-0.1, -0.05) is 28.4 Å². The highest BCUT2D eigenvalue weighted by Gasteiger charge is 2.11. The largest absolute Gasteiger partial charge is 0.488 e. The van der Waals surface area contributed by atoms with Crippen LogP contribution in [0.5, 0.6) is 5.75 Å². The van der Waals surface area contributed by atoms with Crippen molar-refractivity contribution in [2.75, 3.05) is 0 Å². The molecule has 0 saturated carbocycles. The zero-order valence-corrected chi connectivity index (χ0v) is 12.2. The Kier molecular flexibility index (Phi) is 4.88. The normalized spacial score (nSPS) is 11.5. The lowest BCUT2D eigenvalue weighted by atomic mass is 10.2. The lowest BCUT2D eigenvalue weighted by Crippen LogP contribution is -2.15. The number of oxime groups is 1. The fraction of sp³-hybridized carbons (Fsp3) is 0.0714. The van der Waals surface area contributed by atoms with Crippen molar-refractivity contribution in [2.45, 2.75) is 6.61 Å². The summed E-state index contributed by atoms with van der Waals surface area (Å²) in [4.78, 5) is 0. The fourth-order valence-corrected chi connectivity index (χ4v) is 2.05. The molecule has 7 heteroatoms. The summed E-state index contributed by atoms with van der Waals surface area (Å²) in [7, 11) is 0. The summed E-state index contributed by atoms with van der Waals surface area (Å²) in [5, 5.41) is 12.5. The lowest BCUT2D eigenvalue weighted by molar-refractivity contribution is 0.297. The van der Waals surface area contributed by atoms with E-state index in [0.29, 0.717) is 15.6 Å². The molecule has 0 saturated heterocycles. The molecule has 0 aliphatic rings. The van der Waals surface area contributed by atoms with E-state index in [1.165, 1.54) is 24.3 Å². The zero-order valence-electron chi connectivity index (χ0n) is 10.7. The Balaban J connectivity index is 2.27. The average molecular weight is 329 g/mol. The molecule has 4 nitrogen and oxygen atoms in total. The van der Waals surface area contributed by atoms with E-state index in [0.717, 1.165) is 0 Å². The van der Waals surface area contributed by atoms with Crippen LogP contribution in [0.1, 0.15) is 11.1 Å². The molecule has 3 N–H and O–H groups in total. The highest BCUT2D eigenvalue weighted by Crippen LogP contribution is 2.25. The van der Waals surface area contributed by atoms with Gasteiger partial charge in [-0.2, -0.15) is 0 Å². The van der Waals surface area contributed by atoms with Crippen molar-refractivity contribution in [1.82, 2.24) is 0 Å². The Morgan fingerprint density at radius 1 is 1.19 bits per heavy atom. The van der Waals surface area contributed by atoms with Crippen LogP contribution in [-0.4, -0.2) is 11.0 Å². The van der Waals surface area contributed by atoms with E-state index in [1.807, 2.05) is 0 Å². The van der Waals surface area contributed by atoms with Crippen molar-refractivity contribution < 1.29 is 14.3 Å². The minimum absolute atomic E-state index is 0.0710. The summed E-state index contributed by atoms with van der Waals surface area (Å²) in [5.74, 6) is -0.294. The number of ether oxygens (including phenoxy) is 1. The molecule has 0 amide bonds. The number of amidine groups is 1. The highest BCUT2D eigenvalue weighted by molar-refractivity contribution is 6.31. The van der Waals surface area contributed by atoms with Crippen molar-refractivity contribution in [3.63, 3.8) is 0 Å². The Hall–Kier alpha value is -1.98. The maximum absolute atomic E-state index is 13.6. The summed E-state index contributed by atoms with van der Waals surface area (Å²) in [6, 6.07) is 8.77. The third kappa shape index (κ3) is 3.77.